The van der Waals surface area contributed by atoms with E-state index in [2.05, 4.69) is 66.4 Å². The Morgan fingerprint density at radius 1 is 1.00 bits per heavy atom. The van der Waals surface area contributed by atoms with E-state index in [9.17, 15) is 0 Å². The van der Waals surface area contributed by atoms with Crippen LogP contribution in [0.1, 0.15) is 12.5 Å². The Labute approximate surface area is 131 Å². The van der Waals surface area contributed by atoms with E-state index in [4.69, 9.17) is 4.74 Å². The smallest absolute Gasteiger partial charge is 0.0649 e. The molecule has 2 aromatic carbocycles. The fraction of sp³-hybridized carbons (Fsp3) is 0.294. The molecule has 3 rings (SSSR count). The summed E-state index contributed by atoms with van der Waals surface area (Å²) in [5.74, 6) is 0. The Bertz CT molecular complexity index is 544. The Hall–Kier alpha value is -1.32. The summed E-state index contributed by atoms with van der Waals surface area (Å²) >= 11 is 0. The predicted octanol–water partition coefficient (Wildman–Crippen LogP) is 4.36. The lowest BCUT2D eigenvalue weighted by molar-refractivity contribution is 0.0703. The van der Waals surface area contributed by atoms with Crippen LogP contribution >= 0.6 is 17.0 Å². The van der Waals surface area contributed by atoms with E-state index in [0.29, 0.717) is 6.10 Å². The van der Waals surface area contributed by atoms with Crippen molar-refractivity contribution >= 4 is 28.4 Å². The van der Waals surface area contributed by atoms with Crippen molar-refractivity contribution in [3.63, 3.8) is 0 Å². The molecule has 1 unspecified atom stereocenters. The van der Waals surface area contributed by atoms with Gasteiger partial charge in [-0.15, -0.1) is 17.0 Å². The molecule has 3 heteroatoms. The molecule has 0 saturated heterocycles. The Kier molecular flexibility index (Phi) is 5.21. The van der Waals surface area contributed by atoms with Gasteiger partial charge in [-0.25, -0.2) is 0 Å². The molecular weight excluding hydrogens is 314 g/mol. The molecular formula is C17H20BrNO. The summed E-state index contributed by atoms with van der Waals surface area (Å²) in [6.45, 7) is 3.81. The summed E-state index contributed by atoms with van der Waals surface area (Å²) in [6, 6.07) is 19.2. The van der Waals surface area contributed by atoms with Gasteiger partial charge in [-0.3, -0.25) is 0 Å². The molecule has 2 aromatic rings. The van der Waals surface area contributed by atoms with E-state index in [1.165, 1.54) is 16.9 Å². The zero-order valence-electron chi connectivity index (χ0n) is 11.7. The van der Waals surface area contributed by atoms with Crippen LogP contribution in [-0.4, -0.2) is 19.3 Å². The van der Waals surface area contributed by atoms with E-state index in [-0.39, 0.29) is 17.0 Å². The molecule has 2 nitrogen and oxygen atoms in total. The monoisotopic (exact) mass is 333 g/mol. The molecule has 1 heterocycles. The molecule has 0 bridgehead atoms. The average Bonchev–Trinajstić information content (AvgIpc) is 2.43. The zero-order chi connectivity index (χ0) is 13.1. The number of nitrogens with zero attached hydrogens (tertiary/aromatic N) is 1. The van der Waals surface area contributed by atoms with Crippen molar-refractivity contribution < 1.29 is 4.74 Å². The van der Waals surface area contributed by atoms with Crippen LogP contribution in [0.5, 0.6) is 0 Å². The van der Waals surface area contributed by atoms with Crippen LogP contribution in [0.4, 0.5) is 11.4 Å². The highest BCUT2D eigenvalue weighted by Crippen LogP contribution is 2.30. The maximum Gasteiger partial charge on any atom is 0.0649 e. The molecule has 0 fully saturated rings. The van der Waals surface area contributed by atoms with Crippen molar-refractivity contribution in [1.29, 1.82) is 0 Å². The van der Waals surface area contributed by atoms with E-state index in [1.54, 1.807) is 0 Å². The van der Waals surface area contributed by atoms with Crippen molar-refractivity contribution in [2.75, 3.05) is 18.1 Å². The molecule has 0 aromatic heterocycles. The summed E-state index contributed by atoms with van der Waals surface area (Å²) in [5, 5.41) is 0. The number of anilines is 2. The molecule has 0 spiro atoms. The first-order chi connectivity index (χ1) is 9.34. The summed E-state index contributed by atoms with van der Waals surface area (Å²) in [4.78, 5) is 2.35. The van der Waals surface area contributed by atoms with E-state index < -0.39 is 0 Å². The third-order valence-corrected chi connectivity index (χ3v) is 3.57. The van der Waals surface area contributed by atoms with Gasteiger partial charge in [0.05, 0.1) is 12.7 Å². The van der Waals surface area contributed by atoms with Crippen LogP contribution in [0.15, 0.2) is 54.6 Å². The lowest BCUT2D eigenvalue weighted by Gasteiger charge is -2.31. The van der Waals surface area contributed by atoms with Crippen LogP contribution in [-0.2, 0) is 11.2 Å². The molecule has 0 radical (unpaired) electrons. The number of fused-ring (bicyclic) bond motifs is 1. The van der Waals surface area contributed by atoms with Crippen LogP contribution in [0, 0.1) is 0 Å². The third kappa shape index (κ3) is 3.22. The van der Waals surface area contributed by atoms with E-state index in [0.717, 1.165) is 19.6 Å². The second-order valence-electron chi connectivity index (χ2n) is 5.00. The third-order valence-electron chi connectivity index (χ3n) is 3.57. The summed E-state index contributed by atoms with van der Waals surface area (Å²) in [7, 11) is 0. The van der Waals surface area contributed by atoms with Gasteiger partial charge in [-0.05, 0) is 30.7 Å². The van der Waals surface area contributed by atoms with Gasteiger partial charge < -0.3 is 9.64 Å². The van der Waals surface area contributed by atoms with Crippen molar-refractivity contribution in [2.45, 2.75) is 19.4 Å². The van der Waals surface area contributed by atoms with Crippen molar-refractivity contribution in [2.24, 2.45) is 0 Å². The van der Waals surface area contributed by atoms with Crippen molar-refractivity contribution in [1.82, 2.24) is 0 Å². The lowest BCUT2D eigenvalue weighted by atomic mass is 10.0. The summed E-state index contributed by atoms with van der Waals surface area (Å²) < 4.78 is 5.85. The minimum absolute atomic E-state index is 0. The van der Waals surface area contributed by atoms with Gasteiger partial charge in [0.2, 0.25) is 0 Å². The summed E-state index contributed by atoms with van der Waals surface area (Å²) in [6.07, 6.45) is 1.26. The quantitative estimate of drug-likeness (QED) is 0.768. The molecule has 0 N–H and O–H groups in total. The minimum Gasteiger partial charge on any atom is -0.376 e. The number of rotatable bonds is 1. The van der Waals surface area contributed by atoms with Gasteiger partial charge >= 0.3 is 0 Å². The molecule has 1 aliphatic heterocycles. The van der Waals surface area contributed by atoms with E-state index >= 15 is 0 Å². The first-order valence-corrected chi connectivity index (χ1v) is 6.87. The molecule has 0 amide bonds. The number of para-hydroxylation sites is 2. The first kappa shape index (κ1) is 15.1. The second-order valence-corrected chi connectivity index (χ2v) is 5.00. The maximum atomic E-state index is 5.85. The normalized spacial score (nSPS) is 18.4. The van der Waals surface area contributed by atoms with Crippen molar-refractivity contribution in [3.8, 4) is 0 Å². The number of hydrogen-bond acceptors (Lipinski definition) is 2. The Morgan fingerprint density at radius 2 is 1.70 bits per heavy atom. The molecule has 0 saturated carbocycles. The average molecular weight is 334 g/mol. The zero-order valence-corrected chi connectivity index (χ0v) is 13.4. The van der Waals surface area contributed by atoms with Gasteiger partial charge in [0, 0.05) is 24.3 Å². The highest BCUT2D eigenvalue weighted by atomic mass is 79.9. The standard InChI is InChI=1S/C17H19NO.BrH/c1-14-13-15-7-5-6-10-17(15)18(11-12-19-14)16-8-3-2-4-9-16;/h2-10,14H,11-13H2,1H3;1H. The van der Waals surface area contributed by atoms with Gasteiger partial charge in [0.1, 0.15) is 0 Å². The molecule has 1 atom stereocenters. The molecule has 20 heavy (non-hydrogen) atoms. The number of ether oxygens (including phenoxy) is 1. The fourth-order valence-electron chi connectivity index (χ4n) is 2.66. The number of benzene rings is 2. The molecule has 106 valence electrons. The largest absolute Gasteiger partial charge is 0.376 e. The van der Waals surface area contributed by atoms with Gasteiger partial charge in [0.15, 0.2) is 0 Å². The van der Waals surface area contributed by atoms with E-state index in [1.807, 2.05) is 0 Å². The Morgan fingerprint density at radius 3 is 2.50 bits per heavy atom. The summed E-state index contributed by atoms with van der Waals surface area (Å²) in [5.41, 5.74) is 3.90. The highest BCUT2D eigenvalue weighted by molar-refractivity contribution is 8.93. The number of halogens is 1. The van der Waals surface area contributed by atoms with Crippen LogP contribution < -0.4 is 4.90 Å². The lowest BCUT2D eigenvalue weighted by Crippen LogP contribution is -2.29. The SMILES string of the molecule is Br.CC1Cc2ccccc2N(c2ccccc2)CCO1. The fourth-order valence-corrected chi connectivity index (χ4v) is 2.66. The maximum absolute atomic E-state index is 5.85. The minimum atomic E-state index is 0. The van der Waals surface area contributed by atoms with Crippen molar-refractivity contribution in [3.05, 3.63) is 60.2 Å². The Balaban J connectivity index is 0.00000147. The molecule has 1 aliphatic rings. The van der Waals surface area contributed by atoms with Crippen LogP contribution in [0.3, 0.4) is 0 Å². The topological polar surface area (TPSA) is 12.5 Å². The first-order valence-electron chi connectivity index (χ1n) is 6.87. The molecule has 0 aliphatic carbocycles. The highest BCUT2D eigenvalue weighted by Gasteiger charge is 2.18. The van der Waals surface area contributed by atoms with Crippen LogP contribution in [0.25, 0.3) is 0 Å². The van der Waals surface area contributed by atoms with Gasteiger partial charge in [0.25, 0.3) is 0 Å². The second kappa shape index (κ2) is 6.91. The number of hydrogen-bond donors (Lipinski definition) is 0. The van der Waals surface area contributed by atoms with Gasteiger partial charge in [-0.1, -0.05) is 36.4 Å². The van der Waals surface area contributed by atoms with Gasteiger partial charge in [-0.2, -0.15) is 0 Å². The van der Waals surface area contributed by atoms with Crippen LogP contribution in [0.2, 0.25) is 0 Å². The predicted molar refractivity (Wildman–Crippen MR) is 89.3 cm³/mol.